The van der Waals surface area contributed by atoms with Crippen LogP contribution in [0, 0.1) is 11.9 Å². The van der Waals surface area contributed by atoms with Gasteiger partial charge in [-0.1, -0.05) is 6.07 Å². The molecule has 8 heteroatoms. The van der Waals surface area contributed by atoms with Gasteiger partial charge in [0.05, 0.1) is 5.52 Å². The number of carbonyl (C=O) groups excluding carboxylic acids is 2. The minimum absolute atomic E-state index is 0.367. The number of halogens is 1. The number of carbonyl (C=O) groups is 2. The maximum atomic E-state index is 13.2. The predicted molar refractivity (Wildman–Crippen MR) is 97.3 cm³/mol. The number of amides is 2. The molecule has 0 bridgehead atoms. The number of rotatable bonds is 1. The standard InChI is InChI=1S/C19H18FN4O3/c1-19(2,3)27-18(26)22-21-17(25)24-15-7-5-4-6-14(15)16(23-24)12-8-10-13(20)11-9-12/h5-11H,1-3H3,(H,21,25)(H,22,26). The van der Waals surface area contributed by atoms with Gasteiger partial charge in [-0.05, 0) is 63.2 Å². The lowest BCUT2D eigenvalue weighted by atomic mass is 10.1. The van der Waals surface area contributed by atoms with Crippen molar-refractivity contribution in [3.05, 3.63) is 54.3 Å². The van der Waals surface area contributed by atoms with E-state index in [1.165, 1.54) is 12.1 Å². The van der Waals surface area contributed by atoms with Crippen molar-refractivity contribution in [2.45, 2.75) is 26.4 Å². The molecule has 0 atom stereocenters. The Morgan fingerprint density at radius 3 is 2.52 bits per heavy atom. The summed E-state index contributed by atoms with van der Waals surface area (Å²) in [5.74, 6) is -0.367. The van der Waals surface area contributed by atoms with Crippen molar-refractivity contribution in [3.63, 3.8) is 0 Å². The first-order valence-corrected chi connectivity index (χ1v) is 8.19. The average molecular weight is 369 g/mol. The molecule has 0 fully saturated rings. The second-order valence-electron chi connectivity index (χ2n) is 6.77. The highest BCUT2D eigenvalue weighted by Gasteiger charge is 2.19. The summed E-state index contributed by atoms with van der Waals surface area (Å²) in [7, 11) is 0. The molecule has 1 aromatic heterocycles. The monoisotopic (exact) mass is 369 g/mol. The lowest BCUT2D eigenvalue weighted by Crippen LogP contribution is -2.46. The summed E-state index contributed by atoms with van der Waals surface area (Å²) in [4.78, 5) is 24.2. The highest BCUT2D eigenvalue weighted by Crippen LogP contribution is 2.27. The summed E-state index contributed by atoms with van der Waals surface area (Å²) in [6.45, 7) is 5.13. The molecule has 1 radical (unpaired) electrons. The summed E-state index contributed by atoms with van der Waals surface area (Å²) in [6.07, 6.45) is -0.792. The van der Waals surface area contributed by atoms with E-state index in [9.17, 15) is 14.0 Å². The van der Waals surface area contributed by atoms with E-state index in [4.69, 9.17) is 4.74 Å². The van der Waals surface area contributed by atoms with E-state index < -0.39 is 17.7 Å². The van der Waals surface area contributed by atoms with E-state index in [0.29, 0.717) is 22.2 Å². The zero-order valence-corrected chi connectivity index (χ0v) is 15.0. The number of hydrogen-bond acceptors (Lipinski definition) is 4. The zero-order chi connectivity index (χ0) is 19.6. The summed E-state index contributed by atoms with van der Waals surface area (Å²) in [5, 5.41) is 4.98. The fraction of sp³-hybridized carbons (Fsp3) is 0.211. The van der Waals surface area contributed by atoms with Crippen LogP contribution >= 0.6 is 0 Å². The van der Waals surface area contributed by atoms with Crippen molar-refractivity contribution in [3.8, 4) is 11.3 Å². The molecule has 7 nitrogen and oxygen atoms in total. The van der Waals surface area contributed by atoms with Crippen molar-refractivity contribution in [1.29, 1.82) is 0 Å². The van der Waals surface area contributed by atoms with Gasteiger partial charge >= 0.3 is 12.1 Å². The molecule has 139 valence electrons. The maximum absolute atomic E-state index is 13.2. The largest absolute Gasteiger partial charge is 0.443 e. The van der Waals surface area contributed by atoms with Crippen LogP contribution in [0.25, 0.3) is 22.2 Å². The average Bonchev–Trinajstić information content (AvgIpc) is 2.99. The molecule has 0 spiro atoms. The zero-order valence-electron chi connectivity index (χ0n) is 15.0. The fourth-order valence-corrected chi connectivity index (χ4v) is 2.44. The Labute approximate surface area is 155 Å². The minimum Gasteiger partial charge on any atom is -0.443 e. The lowest BCUT2D eigenvalue weighted by molar-refractivity contribution is 0.0505. The van der Waals surface area contributed by atoms with Crippen molar-refractivity contribution in [2.24, 2.45) is 0 Å². The number of nitrogens with one attached hydrogen (secondary N) is 2. The summed E-state index contributed by atoms with van der Waals surface area (Å²) in [6, 6.07) is 13.0. The molecule has 2 amide bonds. The van der Waals surface area contributed by atoms with Crippen LogP contribution in [0.4, 0.5) is 14.0 Å². The Morgan fingerprint density at radius 2 is 1.85 bits per heavy atom. The Kier molecular flexibility index (Phi) is 4.81. The second kappa shape index (κ2) is 7.06. The van der Waals surface area contributed by atoms with Gasteiger partial charge in [-0.3, -0.25) is 0 Å². The molecule has 0 aliphatic heterocycles. The quantitative estimate of drug-likeness (QED) is 0.642. The SMILES string of the molecule is CC(C)(C)OC(=O)NNC(=O)n1nc(-c2ccc(F)cc2)c2c[c]ccc21. The predicted octanol–water partition coefficient (Wildman–Crippen LogP) is 3.64. The Morgan fingerprint density at radius 1 is 1.15 bits per heavy atom. The maximum Gasteiger partial charge on any atom is 0.426 e. The van der Waals surface area contributed by atoms with Crippen LogP contribution in [-0.2, 0) is 4.74 Å². The van der Waals surface area contributed by atoms with Crippen molar-refractivity contribution in [2.75, 3.05) is 0 Å². The van der Waals surface area contributed by atoms with Gasteiger partial charge in [0, 0.05) is 10.9 Å². The Balaban J connectivity index is 1.87. The first-order valence-electron chi connectivity index (χ1n) is 8.19. The van der Waals surface area contributed by atoms with Crippen LogP contribution in [0.15, 0.2) is 42.5 Å². The molecule has 0 aliphatic rings. The molecule has 3 aromatic rings. The van der Waals surface area contributed by atoms with Gasteiger partial charge in [-0.25, -0.2) is 24.8 Å². The first kappa shape index (κ1) is 18.4. The van der Waals surface area contributed by atoms with Crippen LogP contribution in [0.3, 0.4) is 0 Å². The minimum atomic E-state index is -0.792. The van der Waals surface area contributed by atoms with Crippen LogP contribution in [0.5, 0.6) is 0 Å². The van der Waals surface area contributed by atoms with Gasteiger partial charge in [-0.15, -0.1) is 0 Å². The fourth-order valence-electron chi connectivity index (χ4n) is 2.44. The third kappa shape index (κ3) is 4.22. The molecule has 3 rings (SSSR count). The Bertz CT molecular complexity index is 990. The number of fused-ring (bicyclic) bond motifs is 1. The molecule has 2 N–H and O–H groups in total. The smallest absolute Gasteiger partial charge is 0.426 e. The highest BCUT2D eigenvalue weighted by molar-refractivity contribution is 5.98. The number of benzene rings is 2. The molecule has 0 aliphatic carbocycles. The van der Waals surface area contributed by atoms with Crippen LogP contribution in [-0.4, -0.2) is 27.5 Å². The van der Waals surface area contributed by atoms with E-state index in [-0.39, 0.29) is 5.82 Å². The third-order valence-corrected chi connectivity index (χ3v) is 3.50. The highest BCUT2D eigenvalue weighted by atomic mass is 19.1. The number of hydrazine groups is 1. The van der Waals surface area contributed by atoms with Gasteiger partial charge in [0.2, 0.25) is 0 Å². The van der Waals surface area contributed by atoms with Crippen molar-refractivity contribution in [1.82, 2.24) is 20.6 Å². The topological polar surface area (TPSA) is 85.3 Å². The van der Waals surface area contributed by atoms with Gasteiger partial charge in [0.25, 0.3) is 0 Å². The van der Waals surface area contributed by atoms with Gasteiger partial charge in [0.15, 0.2) is 0 Å². The molecular formula is C19H18FN4O3. The van der Waals surface area contributed by atoms with Gasteiger partial charge in [0.1, 0.15) is 17.1 Å². The Hall–Kier alpha value is -3.42. The number of aromatic nitrogens is 2. The van der Waals surface area contributed by atoms with Crippen molar-refractivity contribution >= 4 is 23.0 Å². The number of nitrogens with zero attached hydrogens (tertiary/aromatic N) is 2. The molecule has 0 unspecified atom stereocenters. The summed E-state index contributed by atoms with van der Waals surface area (Å²) >= 11 is 0. The van der Waals surface area contributed by atoms with E-state index in [1.54, 1.807) is 51.1 Å². The molecule has 27 heavy (non-hydrogen) atoms. The number of ether oxygens (including phenoxy) is 1. The molecule has 0 saturated heterocycles. The van der Waals surface area contributed by atoms with Crippen molar-refractivity contribution < 1.29 is 18.7 Å². The molecule has 2 aromatic carbocycles. The molecular weight excluding hydrogens is 351 g/mol. The third-order valence-electron chi connectivity index (χ3n) is 3.50. The van der Waals surface area contributed by atoms with E-state index in [2.05, 4.69) is 22.0 Å². The van der Waals surface area contributed by atoms with Crippen LogP contribution in [0.2, 0.25) is 0 Å². The van der Waals surface area contributed by atoms with Crippen LogP contribution in [0.1, 0.15) is 20.8 Å². The second-order valence-corrected chi connectivity index (χ2v) is 6.77. The number of hydrogen-bond donors (Lipinski definition) is 2. The van der Waals surface area contributed by atoms with E-state index >= 15 is 0 Å². The van der Waals surface area contributed by atoms with Crippen LogP contribution < -0.4 is 10.9 Å². The normalized spacial score (nSPS) is 11.3. The molecule has 0 saturated carbocycles. The summed E-state index contributed by atoms with van der Waals surface area (Å²) < 4.78 is 19.4. The lowest BCUT2D eigenvalue weighted by Gasteiger charge is -2.19. The van der Waals surface area contributed by atoms with E-state index in [0.717, 1.165) is 4.68 Å². The van der Waals surface area contributed by atoms with E-state index in [1.807, 2.05) is 0 Å². The van der Waals surface area contributed by atoms with Gasteiger partial charge in [-0.2, -0.15) is 9.78 Å². The molecule has 1 heterocycles. The summed E-state index contributed by atoms with van der Waals surface area (Å²) in [5.41, 5.74) is 5.39. The first-order chi connectivity index (χ1) is 12.7. The van der Waals surface area contributed by atoms with Gasteiger partial charge < -0.3 is 4.74 Å².